The largest absolute Gasteiger partial charge is 0.349 e. The molecule has 7 heteroatoms. The van der Waals surface area contributed by atoms with Crippen LogP contribution in [0.3, 0.4) is 0 Å². The zero-order valence-electron chi connectivity index (χ0n) is 10.8. The number of amides is 1. The topological polar surface area (TPSA) is 80.9 Å². The monoisotopic (exact) mass is 296 g/mol. The van der Waals surface area contributed by atoms with Crippen molar-refractivity contribution >= 4 is 28.6 Å². The zero-order chi connectivity index (χ0) is 13.8. The molecule has 2 rings (SSSR count). The minimum Gasteiger partial charge on any atom is -0.349 e. The number of thiazole rings is 2. The van der Waals surface area contributed by atoms with E-state index >= 15 is 0 Å². The summed E-state index contributed by atoms with van der Waals surface area (Å²) < 4.78 is 0. The van der Waals surface area contributed by atoms with Crippen molar-refractivity contribution in [1.82, 2.24) is 15.3 Å². The van der Waals surface area contributed by atoms with Crippen LogP contribution in [0, 0.1) is 6.92 Å². The molecule has 3 N–H and O–H groups in total. The highest BCUT2D eigenvalue weighted by atomic mass is 32.1. The van der Waals surface area contributed by atoms with E-state index in [0.717, 1.165) is 21.4 Å². The lowest BCUT2D eigenvalue weighted by Gasteiger charge is -2.01. The number of carbonyl (C=O) groups is 1. The Hall–Kier alpha value is -1.31. The Kier molecular flexibility index (Phi) is 4.62. The Balaban J connectivity index is 1.83. The van der Waals surface area contributed by atoms with Crippen LogP contribution in [0.15, 0.2) is 10.8 Å². The molecule has 1 amide bonds. The third kappa shape index (κ3) is 4.09. The van der Waals surface area contributed by atoms with E-state index in [4.69, 9.17) is 5.73 Å². The van der Waals surface area contributed by atoms with Gasteiger partial charge in [-0.25, -0.2) is 9.97 Å². The van der Waals surface area contributed by atoms with Crippen LogP contribution in [0.2, 0.25) is 0 Å². The van der Waals surface area contributed by atoms with Crippen LogP contribution in [-0.2, 0) is 17.8 Å². The number of hydrogen-bond donors (Lipinski definition) is 2. The van der Waals surface area contributed by atoms with Gasteiger partial charge in [-0.3, -0.25) is 4.79 Å². The quantitative estimate of drug-likeness (QED) is 0.881. The first-order chi connectivity index (χ1) is 9.04. The smallest absolute Gasteiger partial charge is 0.226 e. The fraction of sp³-hybridized carbons (Fsp3) is 0.417. The Morgan fingerprint density at radius 1 is 1.42 bits per heavy atom. The maximum Gasteiger partial charge on any atom is 0.226 e. The van der Waals surface area contributed by atoms with Gasteiger partial charge in [0.1, 0.15) is 10.0 Å². The normalized spacial score (nSPS) is 12.4. The second-order valence-corrected chi connectivity index (χ2v) is 6.13. The molecule has 2 heterocycles. The molecule has 0 aromatic carbocycles. The van der Waals surface area contributed by atoms with Gasteiger partial charge in [0.25, 0.3) is 0 Å². The molecule has 0 aliphatic carbocycles. The minimum atomic E-state index is -0.0832. The first-order valence-electron chi connectivity index (χ1n) is 5.92. The lowest BCUT2D eigenvalue weighted by molar-refractivity contribution is -0.120. The van der Waals surface area contributed by atoms with Crippen LogP contribution in [0.4, 0.5) is 0 Å². The van der Waals surface area contributed by atoms with Crippen molar-refractivity contribution in [3.63, 3.8) is 0 Å². The number of rotatable bonds is 5. The highest BCUT2D eigenvalue weighted by Crippen LogP contribution is 2.16. The number of nitrogens with two attached hydrogens (primary N) is 1. The lowest BCUT2D eigenvalue weighted by Crippen LogP contribution is -2.24. The maximum atomic E-state index is 11.8. The van der Waals surface area contributed by atoms with Crippen molar-refractivity contribution in [1.29, 1.82) is 0 Å². The molecule has 0 radical (unpaired) electrons. The van der Waals surface area contributed by atoms with Gasteiger partial charge in [0.05, 0.1) is 24.7 Å². The van der Waals surface area contributed by atoms with Crippen molar-refractivity contribution in [2.45, 2.75) is 32.9 Å². The summed E-state index contributed by atoms with van der Waals surface area (Å²) in [4.78, 5) is 20.4. The predicted molar refractivity (Wildman–Crippen MR) is 77.1 cm³/mol. The van der Waals surface area contributed by atoms with Crippen LogP contribution in [0.25, 0.3) is 0 Å². The van der Waals surface area contributed by atoms with Gasteiger partial charge in [0.15, 0.2) is 0 Å². The van der Waals surface area contributed by atoms with Crippen LogP contribution in [0.1, 0.15) is 34.4 Å². The second kappa shape index (κ2) is 6.23. The fourth-order valence-corrected chi connectivity index (χ4v) is 2.99. The summed E-state index contributed by atoms with van der Waals surface area (Å²) in [5.74, 6) is -0.0469. The Morgan fingerprint density at radius 3 is 2.79 bits per heavy atom. The SMILES string of the molecule is Cc1csc(CNC(=O)Cc2csc(C(C)N)n2)n1. The van der Waals surface area contributed by atoms with Crippen LogP contribution >= 0.6 is 22.7 Å². The van der Waals surface area contributed by atoms with Crippen molar-refractivity contribution < 1.29 is 4.79 Å². The predicted octanol–water partition coefficient (Wildman–Crippen LogP) is 1.79. The van der Waals surface area contributed by atoms with Crippen molar-refractivity contribution in [3.05, 3.63) is 32.2 Å². The van der Waals surface area contributed by atoms with Crippen LogP contribution < -0.4 is 11.1 Å². The molecular formula is C12H16N4OS2. The van der Waals surface area contributed by atoms with Crippen molar-refractivity contribution in [2.24, 2.45) is 5.73 Å². The van der Waals surface area contributed by atoms with E-state index in [1.807, 2.05) is 24.6 Å². The summed E-state index contributed by atoms with van der Waals surface area (Å²) >= 11 is 3.04. The number of hydrogen-bond acceptors (Lipinski definition) is 6. The summed E-state index contributed by atoms with van der Waals surface area (Å²) in [6.45, 7) is 4.29. The Morgan fingerprint density at radius 2 is 2.21 bits per heavy atom. The molecule has 0 fully saturated rings. The molecule has 0 spiro atoms. The summed E-state index contributed by atoms with van der Waals surface area (Å²) in [5.41, 5.74) is 7.49. The Labute approximate surface area is 119 Å². The van der Waals surface area contributed by atoms with Gasteiger partial charge >= 0.3 is 0 Å². The van der Waals surface area contributed by atoms with E-state index in [-0.39, 0.29) is 18.4 Å². The average molecular weight is 296 g/mol. The number of aromatic nitrogens is 2. The van der Waals surface area contributed by atoms with E-state index in [0.29, 0.717) is 6.54 Å². The molecule has 0 saturated carbocycles. The summed E-state index contributed by atoms with van der Waals surface area (Å²) in [5, 5.41) is 8.47. The van der Waals surface area contributed by atoms with Gasteiger partial charge in [-0.2, -0.15) is 0 Å². The summed E-state index contributed by atoms with van der Waals surface area (Å²) in [6.07, 6.45) is 0.285. The standard InChI is InChI=1S/C12H16N4OS2/c1-7-5-18-11(15-7)4-14-10(17)3-9-6-19-12(16-9)8(2)13/h5-6,8H,3-4,13H2,1-2H3,(H,14,17). The van der Waals surface area contributed by atoms with Crippen LogP contribution in [0.5, 0.6) is 0 Å². The van der Waals surface area contributed by atoms with Crippen LogP contribution in [-0.4, -0.2) is 15.9 Å². The summed E-state index contributed by atoms with van der Waals surface area (Å²) in [7, 11) is 0. The van der Waals surface area contributed by atoms with E-state index < -0.39 is 0 Å². The number of aryl methyl sites for hydroxylation is 1. The van der Waals surface area contributed by atoms with E-state index in [9.17, 15) is 4.79 Å². The van der Waals surface area contributed by atoms with Crippen molar-refractivity contribution in [3.8, 4) is 0 Å². The average Bonchev–Trinajstić information content (AvgIpc) is 2.96. The van der Waals surface area contributed by atoms with Gasteiger partial charge in [-0.15, -0.1) is 22.7 Å². The highest BCUT2D eigenvalue weighted by molar-refractivity contribution is 7.10. The molecule has 2 aromatic rings. The third-order valence-corrected chi connectivity index (χ3v) is 4.47. The van der Waals surface area contributed by atoms with E-state index in [1.54, 1.807) is 11.3 Å². The van der Waals surface area contributed by atoms with Gasteiger partial charge in [0.2, 0.25) is 5.91 Å². The maximum absolute atomic E-state index is 11.8. The molecule has 0 aliphatic rings. The minimum absolute atomic E-state index is 0.0469. The molecule has 2 aromatic heterocycles. The molecule has 19 heavy (non-hydrogen) atoms. The molecule has 0 bridgehead atoms. The van der Waals surface area contributed by atoms with Crippen molar-refractivity contribution in [2.75, 3.05) is 0 Å². The molecular weight excluding hydrogens is 280 g/mol. The molecule has 1 unspecified atom stereocenters. The van der Waals surface area contributed by atoms with E-state index in [2.05, 4.69) is 15.3 Å². The highest BCUT2D eigenvalue weighted by Gasteiger charge is 2.10. The van der Waals surface area contributed by atoms with Gasteiger partial charge in [-0.1, -0.05) is 0 Å². The lowest BCUT2D eigenvalue weighted by atomic mass is 10.3. The first-order valence-corrected chi connectivity index (χ1v) is 7.68. The number of nitrogens with one attached hydrogen (secondary N) is 1. The summed E-state index contributed by atoms with van der Waals surface area (Å²) in [6, 6.07) is -0.0832. The molecule has 5 nitrogen and oxygen atoms in total. The third-order valence-electron chi connectivity index (χ3n) is 2.40. The second-order valence-electron chi connectivity index (χ2n) is 4.30. The van der Waals surface area contributed by atoms with Gasteiger partial charge in [0, 0.05) is 16.5 Å². The Bertz CT molecular complexity index is 562. The molecule has 0 aliphatic heterocycles. The molecule has 0 saturated heterocycles. The number of carbonyl (C=O) groups excluding carboxylic acids is 1. The molecule has 1 atom stereocenters. The van der Waals surface area contributed by atoms with Gasteiger partial charge < -0.3 is 11.1 Å². The van der Waals surface area contributed by atoms with Gasteiger partial charge in [-0.05, 0) is 13.8 Å². The number of nitrogens with zero attached hydrogens (tertiary/aromatic N) is 2. The fourth-order valence-electron chi connectivity index (χ4n) is 1.50. The van der Waals surface area contributed by atoms with E-state index in [1.165, 1.54) is 11.3 Å². The zero-order valence-corrected chi connectivity index (χ0v) is 12.5. The first kappa shape index (κ1) is 14.1. The molecule has 102 valence electrons.